The van der Waals surface area contributed by atoms with Gasteiger partial charge in [-0.05, 0) is 95.9 Å². The van der Waals surface area contributed by atoms with Gasteiger partial charge < -0.3 is 0 Å². The average molecular weight is 306 g/mol. The molecule has 2 aromatic carbocycles. The van der Waals surface area contributed by atoms with E-state index in [1.165, 1.54) is 54.2 Å². The molecular formula is C23H30. The molecule has 0 aliphatic heterocycles. The van der Waals surface area contributed by atoms with E-state index in [4.69, 9.17) is 0 Å². The highest BCUT2D eigenvalue weighted by Crippen LogP contribution is 2.49. The number of hydrogen-bond acceptors (Lipinski definition) is 0. The van der Waals surface area contributed by atoms with Gasteiger partial charge in [0.2, 0.25) is 0 Å². The number of fused-ring (bicyclic) bond motifs is 4. The topological polar surface area (TPSA) is 0 Å². The van der Waals surface area contributed by atoms with Crippen LogP contribution in [0.25, 0.3) is 10.8 Å². The third-order valence-electron chi connectivity index (χ3n) is 7.05. The van der Waals surface area contributed by atoms with Crippen LogP contribution in [0.4, 0.5) is 0 Å². The summed E-state index contributed by atoms with van der Waals surface area (Å²) < 4.78 is 0. The van der Waals surface area contributed by atoms with Gasteiger partial charge >= 0.3 is 0 Å². The standard InChI is InChI=1S/C23H30/c1-5-17-12-19-10-11-20-13-18-8-6-7-9-21(18)16(4)23(20)22(19)15(3)14(17)2/h10-12,16,18,21H,5-9,13H2,1-4H3/t16?,18-,21+/m1/s1. The Labute approximate surface area is 141 Å². The van der Waals surface area contributed by atoms with Crippen LogP contribution in [0.15, 0.2) is 18.2 Å². The van der Waals surface area contributed by atoms with Gasteiger partial charge in [-0.25, -0.2) is 0 Å². The Hall–Kier alpha value is -1.30. The van der Waals surface area contributed by atoms with Crippen molar-refractivity contribution >= 4 is 10.8 Å². The summed E-state index contributed by atoms with van der Waals surface area (Å²) in [6.45, 7) is 9.48. The fourth-order valence-electron chi connectivity index (χ4n) is 5.65. The summed E-state index contributed by atoms with van der Waals surface area (Å²) in [5.41, 5.74) is 7.94. The molecule has 1 fully saturated rings. The van der Waals surface area contributed by atoms with Crippen molar-refractivity contribution in [1.29, 1.82) is 0 Å². The van der Waals surface area contributed by atoms with Crippen molar-refractivity contribution in [2.75, 3.05) is 0 Å². The molecule has 2 aliphatic rings. The monoisotopic (exact) mass is 306 g/mol. The van der Waals surface area contributed by atoms with Gasteiger partial charge in [-0.2, -0.15) is 0 Å². The van der Waals surface area contributed by atoms with Crippen molar-refractivity contribution < 1.29 is 0 Å². The lowest BCUT2D eigenvalue weighted by Gasteiger charge is -2.42. The molecule has 4 rings (SSSR count). The van der Waals surface area contributed by atoms with E-state index in [1.54, 1.807) is 16.5 Å². The fourth-order valence-corrected chi connectivity index (χ4v) is 5.65. The van der Waals surface area contributed by atoms with Crippen molar-refractivity contribution in [3.8, 4) is 0 Å². The first-order chi connectivity index (χ1) is 11.1. The van der Waals surface area contributed by atoms with Gasteiger partial charge in [-0.15, -0.1) is 0 Å². The molecule has 2 aliphatic carbocycles. The van der Waals surface area contributed by atoms with Crippen LogP contribution in [0.2, 0.25) is 0 Å². The fraction of sp³-hybridized carbons (Fsp3) is 0.565. The Morgan fingerprint density at radius 2 is 1.83 bits per heavy atom. The molecule has 0 saturated heterocycles. The van der Waals surface area contributed by atoms with Gasteiger partial charge in [0.15, 0.2) is 0 Å². The van der Waals surface area contributed by atoms with Crippen molar-refractivity contribution in [1.82, 2.24) is 0 Å². The van der Waals surface area contributed by atoms with E-state index in [0.717, 1.165) is 24.2 Å². The van der Waals surface area contributed by atoms with Gasteiger partial charge in [0.1, 0.15) is 0 Å². The molecular weight excluding hydrogens is 276 g/mol. The maximum absolute atomic E-state index is 2.52. The molecule has 0 amide bonds. The van der Waals surface area contributed by atoms with E-state index in [0.29, 0.717) is 0 Å². The van der Waals surface area contributed by atoms with Gasteiger partial charge in [-0.3, -0.25) is 0 Å². The molecule has 3 atom stereocenters. The summed E-state index contributed by atoms with van der Waals surface area (Å²) in [7, 11) is 0. The molecule has 23 heavy (non-hydrogen) atoms. The maximum Gasteiger partial charge on any atom is -0.0114 e. The number of benzene rings is 2. The Bertz CT molecular complexity index is 752. The Morgan fingerprint density at radius 3 is 2.61 bits per heavy atom. The summed E-state index contributed by atoms with van der Waals surface area (Å²) >= 11 is 0. The maximum atomic E-state index is 2.52. The van der Waals surface area contributed by atoms with Crippen LogP contribution >= 0.6 is 0 Å². The van der Waals surface area contributed by atoms with Gasteiger partial charge in [0.25, 0.3) is 0 Å². The molecule has 0 spiro atoms. The molecule has 0 radical (unpaired) electrons. The number of aryl methyl sites for hydroxylation is 2. The molecule has 0 nitrogen and oxygen atoms in total. The van der Waals surface area contributed by atoms with Crippen LogP contribution in [0, 0.1) is 25.7 Å². The predicted octanol–water partition coefficient (Wildman–Crippen LogP) is 6.49. The summed E-state index contributed by atoms with van der Waals surface area (Å²) in [5, 5.41) is 3.07. The van der Waals surface area contributed by atoms with Crippen LogP contribution in [0.3, 0.4) is 0 Å². The van der Waals surface area contributed by atoms with Crippen LogP contribution in [0.1, 0.15) is 73.3 Å². The molecule has 2 aromatic rings. The molecule has 1 saturated carbocycles. The molecule has 0 aromatic heterocycles. The second-order valence-electron chi connectivity index (χ2n) is 8.08. The lowest BCUT2D eigenvalue weighted by atomic mass is 9.63. The lowest BCUT2D eigenvalue weighted by Crippen LogP contribution is -2.31. The molecule has 0 heterocycles. The number of rotatable bonds is 1. The first-order valence-electron chi connectivity index (χ1n) is 9.66. The third kappa shape index (κ3) is 2.25. The summed E-state index contributed by atoms with van der Waals surface area (Å²) in [6, 6.07) is 7.31. The minimum atomic E-state index is 0.735. The number of hydrogen-bond donors (Lipinski definition) is 0. The Kier molecular flexibility index (Phi) is 3.75. The van der Waals surface area contributed by atoms with Gasteiger partial charge in [-0.1, -0.05) is 44.9 Å². The third-order valence-corrected chi connectivity index (χ3v) is 7.05. The molecule has 0 N–H and O–H groups in total. The molecule has 122 valence electrons. The zero-order valence-corrected chi connectivity index (χ0v) is 15.2. The van der Waals surface area contributed by atoms with Crippen molar-refractivity contribution in [2.45, 2.75) is 72.1 Å². The van der Waals surface area contributed by atoms with E-state index in [1.807, 2.05) is 0 Å². The van der Waals surface area contributed by atoms with E-state index >= 15 is 0 Å². The van der Waals surface area contributed by atoms with Gasteiger partial charge in [0, 0.05) is 0 Å². The highest BCUT2D eigenvalue weighted by atomic mass is 14.4. The highest BCUT2D eigenvalue weighted by molar-refractivity contribution is 5.92. The van der Waals surface area contributed by atoms with E-state index in [2.05, 4.69) is 45.9 Å². The Balaban J connectivity index is 1.96. The van der Waals surface area contributed by atoms with E-state index in [9.17, 15) is 0 Å². The summed E-state index contributed by atoms with van der Waals surface area (Å²) in [4.78, 5) is 0. The molecule has 0 heteroatoms. The molecule has 1 unspecified atom stereocenters. The Morgan fingerprint density at radius 1 is 1.04 bits per heavy atom. The zero-order chi connectivity index (χ0) is 16.1. The highest BCUT2D eigenvalue weighted by Gasteiger charge is 2.36. The van der Waals surface area contributed by atoms with Crippen LogP contribution in [-0.2, 0) is 12.8 Å². The lowest BCUT2D eigenvalue weighted by molar-refractivity contribution is 0.192. The zero-order valence-electron chi connectivity index (χ0n) is 15.2. The predicted molar refractivity (Wildman–Crippen MR) is 100 cm³/mol. The van der Waals surface area contributed by atoms with E-state index < -0.39 is 0 Å². The van der Waals surface area contributed by atoms with Crippen molar-refractivity contribution in [2.24, 2.45) is 11.8 Å². The average Bonchev–Trinajstić information content (AvgIpc) is 2.58. The minimum absolute atomic E-state index is 0.735. The molecule has 0 bridgehead atoms. The SMILES string of the molecule is CCc1cc2ccc3c(c2c(C)c1C)C(C)[C@@H]1CCCC[C@@H]1C3. The minimum Gasteiger partial charge on any atom is -0.0613 e. The first-order valence-corrected chi connectivity index (χ1v) is 9.66. The second kappa shape index (κ2) is 5.65. The van der Waals surface area contributed by atoms with Crippen LogP contribution < -0.4 is 0 Å². The summed E-state index contributed by atoms with van der Waals surface area (Å²) in [5.74, 6) is 2.60. The smallest absolute Gasteiger partial charge is 0.0114 e. The van der Waals surface area contributed by atoms with Crippen LogP contribution in [0.5, 0.6) is 0 Å². The second-order valence-corrected chi connectivity index (χ2v) is 8.08. The quantitative estimate of drug-likeness (QED) is 0.565. The van der Waals surface area contributed by atoms with Gasteiger partial charge in [0.05, 0.1) is 0 Å². The normalized spacial score (nSPS) is 26.9. The van der Waals surface area contributed by atoms with Crippen molar-refractivity contribution in [3.63, 3.8) is 0 Å². The van der Waals surface area contributed by atoms with E-state index in [-0.39, 0.29) is 0 Å². The summed E-state index contributed by atoms with van der Waals surface area (Å²) in [6.07, 6.45) is 8.28. The first kappa shape index (κ1) is 15.2. The van der Waals surface area contributed by atoms with Crippen molar-refractivity contribution in [3.05, 3.63) is 46.0 Å². The van der Waals surface area contributed by atoms with Crippen LogP contribution in [-0.4, -0.2) is 0 Å². The largest absolute Gasteiger partial charge is 0.0613 e.